The molecule has 2 aliphatic heterocycles. The van der Waals surface area contributed by atoms with E-state index < -0.39 is 11.9 Å². The first-order valence-corrected chi connectivity index (χ1v) is 17.9. The third-order valence-electron chi connectivity index (χ3n) is 8.88. The van der Waals surface area contributed by atoms with Gasteiger partial charge in [0.25, 0.3) is 5.91 Å². The van der Waals surface area contributed by atoms with Crippen LogP contribution >= 0.6 is 11.3 Å². The number of carbonyl (C=O) groups is 3. The summed E-state index contributed by atoms with van der Waals surface area (Å²) in [4.78, 5) is 39.4. The summed E-state index contributed by atoms with van der Waals surface area (Å²) in [6, 6.07) is 25.7. The van der Waals surface area contributed by atoms with Crippen molar-refractivity contribution in [1.29, 1.82) is 0 Å². The normalized spacial score (nSPS) is 15.5. The molecule has 2 N–H and O–H groups in total. The quantitative estimate of drug-likeness (QED) is 0.0903. The summed E-state index contributed by atoms with van der Waals surface area (Å²) in [6.07, 6.45) is 0.516. The van der Waals surface area contributed by atoms with E-state index >= 15 is 0 Å². The van der Waals surface area contributed by atoms with Crippen LogP contribution in [0.4, 0.5) is 0 Å². The number of hydrogen-bond donors (Lipinski definition) is 2. The Labute approximate surface area is 304 Å². The molecule has 268 valence electrons. The minimum atomic E-state index is -0.672. The summed E-state index contributed by atoms with van der Waals surface area (Å²) in [6.45, 7) is 4.45. The maximum absolute atomic E-state index is 13.0. The van der Waals surface area contributed by atoms with Gasteiger partial charge in [0.05, 0.1) is 37.8 Å². The summed E-state index contributed by atoms with van der Waals surface area (Å²) in [5.74, 6) is 1.91. The number of benzene rings is 4. The molecular weight excluding hydrogens is 685 g/mol. The lowest BCUT2D eigenvalue weighted by molar-refractivity contribution is -0.136. The van der Waals surface area contributed by atoms with Crippen LogP contribution in [0.1, 0.15) is 34.3 Å². The Balaban J connectivity index is 0.811. The van der Waals surface area contributed by atoms with Crippen molar-refractivity contribution in [2.24, 2.45) is 0 Å². The van der Waals surface area contributed by atoms with E-state index in [1.807, 2.05) is 30.3 Å². The van der Waals surface area contributed by atoms with Gasteiger partial charge < -0.3 is 33.7 Å². The van der Waals surface area contributed by atoms with Gasteiger partial charge in [-0.25, -0.2) is 0 Å². The summed E-state index contributed by atoms with van der Waals surface area (Å²) >= 11 is 1.58. The zero-order valence-electron chi connectivity index (χ0n) is 28.6. The van der Waals surface area contributed by atoms with Crippen molar-refractivity contribution in [3.05, 3.63) is 102 Å². The molecule has 1 saturated heterocycles. The van der Waals surface area contributed by atoms with Gasteiger partial charge in [0.2, 0.25) is 11.8 Å². The fourth-order valence-electron chi connectivity index (χ4n) is 6.22. The van der Waals surface area contributed by atoms with Gasteiger partial charge in [0.15, 0.2) is 5.75 Å². The van der Waals surface area contributed by atoms with Crippen molar-refractivity contribution in [3.8, 4) is 39.2 Å². The minimum Gasteiger partial charge on any atom is -0.508 e. The number of thiophene rings is 1. The van der Waals surface area contributed by atoms with E-state index in [1.54, 1.807) is 41.7 Å². The average Bonchev–Trinajstić information content (AvgIpc) is 3.67. The van der Waals surface area contributed by atoms with E-state index in [2.05, 4.69) is 36.5 Å². The predicted molar refractivity (Wildman–Crippen MR) is 195 cm³/mol. The average molecular weight is 723 g/mol. The lowest BCUT2D eigenvalue weighted by Crippen LogP contribution is -2.52. The van der Waals surface area contributed by atoms with E-state index in [9.17, 15) is 19.5 Å². The molecule has 11 nitrogen and oxygen atoms in total. The second-order valence-corrected chi connectivity index (χ2v) is 13.5. The Morgan fingerprint density at radius 1 is 0.827 bits per heavy atom. The van der Waals surface area contributed by atoms with Gasteiger partial charge >= 0.3 is 0 Å². The SMILES string of the molecule is Cc1ccc(-c2sc3cc(O)ccc3c2Oc2ccc(OCCOCCOCCOc3cccc4c3CN(C3CCC(=O)NC3=O)C4=O)cc2)cc1. The first kappa shape index (κ1) is 35.0. The van der Waals surface area contributed by atoms with E-state index in [-0.39, 0.29) is 37.1 Å². The molecule has 2 aliphatic rings. The molecule has 12 heteroatoms. The molecule has 4 aromatic carbocycles. The number of hydrogen-bond acceptors (Lipinski definition) is 10. The lowest BCUT2D eigenvalue weighted by atomic mass is 10.0. The Hall–Kier alpha value is -5.43. The molecular formula is C40H38N2O9S. The van der Waals surface area contributed by atoms with E-state index in [0.717, 1.165) is 31.8 Å². The van der Waals surface area contributed by atoms with Gasteiger partial charge in [0.1, 0.15) is 42.3 Å². The van der Waals surface area contributed by atoms with Crippen molar-refractivity contribution in [2.45, 2.75) is 32.4 Å². The maximum Gasteiger partial charge on any atom is 0.255 e. The van der Waals surface area contributed by atoms with Crippen LogP contribution < -0.4 is 19.5 Å². The summed E-state index contributed by atoms with van der Waals surface area (Å²) < 4.78 is 30.4. The van der Waals surface area contributed by atoms with Crippen LogP contribution in [0.5, 0.6) is 28.7 Å². The second-order valence-electron chi connectivity index (χ2n) is 12.5. The molecule has 0 spiro atoms. The molecule has 0 bridgehead atoms. The van der Waals surface area contributed by atoms with Crippen LogP contribution in [0.15, 0.2) is 84.9 Å². The highest BCUT2D eigenvalue weighted by Gasteiger charge is 2.40. The van der Waals surface area contributed by atoms with Crippen molar-refractivity contribution in [2.75, 3.05) is 39.6 Å². The molecule has 0 saturated carbocycles. The van der Waals surface area contributed by atoms with E-state index in [1.165, 1.54) is 10.5 Å². The van der Waals surface area contributed by atoms with Crippen molar-refractivity contribution < 1.29 is 43.2 Å². The van der Waals surface area contributed by atoms with Crippen LogP contribution in [-0.4, -0.2) is 73.4 Å². The topological polar surface area (TPSA) is 133 Å². The molecule has 1 aromatic heterocycles. The van der Waals surface area contributed by atoms with E-state index in [0.29, 0.717) is 62.3 Å². The summed E-state index contributed by atoms with van der Waals surface area (Å²) in [5.41, 5.74) is 3.46. The smallest absolute Gasteiger partial charge is 0.255 e. The third kappa shape index (κ3) is 7.89. The summed E-state index contributed by atoms with van der Waals surface area (Å²) in [7, 11) is 0. The number of rotatable bonds is 15. The highest BCUT2D eigenvalue weighted by Crippen LogP contribution is 2.47. The Morgan fingerprint density at radius 2 is 1.54 bits per heavy atom. The van der Waals surface area contributed by atoms with Gasteiger partial charge in [-0.1, -0.05) is 35.9 Å². The Morgan fingerprint density at radius 3 is 2.29 bits per heavy atom. The monoisotopic (exact) mass is 722 g/mol. The van der Waals surface area contributed by atoms with Gasteiger partial charge in [-0.05, 0) is 73.5 Å². The molecule has 1 fully saturated rings. The third-order valence-corrected chi connectivity index (χ3v) is 10.1. The Kier molecular flexibility index (Phi) is 10.7. The first-order chi connectivity index (χ1) is 25.3. The van der Waals surface area contributed by atoms with Crippen LogP contribution in [0.3, 0.4) is 0 Å². The van der Waals surface area contributed by atoms with Crippen LogP contribution in [-0.2, 0) is 25.6 Å². The fourth-order valence-corrected chi connectivity index (χ4v) is 7.39. The number of phenols is 1. The van der Waals surface area contributed by atoms with Crippen LogP contribution in [0, 0.1) is 6.92 Å². The molecule has 3 amide bonds. The van der Waals surface area contributed by atoms with Crippen molar-refractivity contribution >= 4 is 39.1 Å². The highest BCUT2D eigenvalue weighted by atomic mass is 32.1. The van der Waals surface area contributed by atoms with Gasteiger partial charge in [-0.3, -0.25) is 19.7 Å². The number of fused-ring (bicyclic) bond motifs is 2. The molecule has 3 heterocycles. The molecule has 7 rings (SSSR count). The van der Waals surface area contributed by atoms with Crippen LogP contribution in [0.2, 0.25) is 0 Å². The van der Waals surface area contributed by atoms with Crippen LogP contribution in [0.25, 0.3) is 20.5 Å². The number of piperidine rings is 1. The number of aromatic hydroxyl groups is 1. The molecule has 52 heavy (non-hydrogen) atoms. The largest absolute Gasteiger partial charge is 0.508 e. The number of phenolic OH excluding ortho intramolecular Hbond substituents is 1. The maximum atomic E-state index is 13.0. The number of nitrogens with zero attached hydrogens (tertiary/aromatic N) is 1. The van der Waals surface area contributed by atoms with Gasteiger partial charge in [-0.2, -0.15) is 0 Å². The molecule has 0 radical (unpaired) electrons. The zero-order chi connectivity index (χ0) is 36.0. The predicted octanol–water partition coefficient (Wildman–Crippen LogP) is 6.63. The number of amides is 3. The standard InChI is InChI=1S/C40H38N2O9S/c1-25-5-7-26(8-6-25)38-37(31-14-9-27(43)23-35(31)52-38)51-29-12-10-28(11-13-29)49-21-19-47-17-18-48-20-22-50-34-4-2-3-30-32(34)24-42(40(30)46)33-15-16-36(44)41-39(33)45/h2-14,23,33,43H,15-22,24H2,1H3,(H,41,44,45). The Bertz CT molecular complexity index is 2080. The van der Waals surface area contributed by atoms with Crippen molar-refractivity contribution in [3.63, 3.8) is 0 Å². The first-order valence-electron chi connectivity index (χ1n) is 17.1. The molecule has 1 unspecified atom stereocenters. The second kappa shape index (κ2) is 15.9. The van der Waals surface area contributed by atoms with E-state index in [4.69, 9.17) is 23.7 Å². The number of aryl methyl sites for hydroxylation is 1. The number of nitrogens with one attached hydrogen (secondary N) is 1. The molecule has 0 aliphatic carbocycles. The summed E-state index contributed by atoms with van der Waals surface area (Å²) in [5, 5.41) is 13.3. The number of carbonyl (C=O) groups excluding carboxylic acids is 3. The number of ether oxygens (including phenoxy) is 5. The highest BCUT2D eigenvalue weighted by molar-refractivity contribution is 7.22. The van der Waals surface area contributed by atoms with Crippen molar-refractivity contribution in [1.82, 2.24) is 10.2 Å². The number of imide groups is 1. The molecule has 5 aromatic rings. The molecule has 1 atom stereocenters. The zero-order valence-corrected chi connectivity index (χ0v) is 29.4. The van der Waals surface area contributed by atoms with Gasteiger partial charge in [-0.15, -0.1) is 11.3 Å². The minimum absolute atomic E-state index is 0.206. The fraction of sp³-hybridized carbons (Fsp3) is 0.275. The van der Waals surface area contributed by atoms with Gasteiger partial charge in [0, 0.05) is 27.6 Å². The lowest BCUT2D eigenvalue weighted by Gasteiger charge is -2.29.